The van der Waals surface area contributed by atoms with Gasteiger partial charge in [-0.05, 0) is 25.7 Å². The molecule has 0 bridgehead atoms. The van der Waals surface area contributed by atoms with Crippen LogP contribution < -0.4 is 10.2 Å². The standard InChI is InChI=1S/C18H28FN5O/c19-7-8-20-18-21-10-15-12-24(25,11-14-4-1-2-5-14)13-16-6-3-9-23(16)17(15)22-18/h10,14,16H,1-9,11-13H2,(H,20,21,22)/t16-,24?/m0/s1. The fraction of sp³-hybridized carbons (Fsp3) is 0.778. The number of nitrogens with zero attached hydrogens (tertiary/aromatic N) is 4. The molecule has 2 atom stereocenters. The van der Waals surface area contributed by atoms with Crippen LogP contribution in [0.1, 0.15) is 44.1 Å². The molecule has 4 rings (SSSR count). The molecule has 138 valence electrons. The minimum atomic E-state index is -0.450. The highest BCUT2D eigenvalue weighted by Crippen LogP contribution is 2.37. The molecule has 0 spiro atoms. The molecule has 1 saturated heterocycles. The molecular formula is C18H28FN5O. The van der Waals surface area contributed by atoms with E-state index in [2.05, 4.69) is 20.2 Å². The lowest BCUT2D eigenvalue weighted by Crippen LogP contribution is -2.50. The molecule has 0 radical (unpaired) electrons. The maximum Gasteiger partial charge on any atom is 0.224 e. The first-order chi connectivity index (χ1) is 12.2. The molecule has 3 aliphatic rings. The molecule has 1 aromatic rings. The van der Waals surface area contributed by atoms with Gasteiger partial charge in [0.05, 0.1) is 24.7 Å². The summed E-state index contributed by atoms with van der Waals surface area (Å²) in [5, 5.41) is 16.6. The number of halogens is 1. The van der Waals surface area contributed by atoms with Crippen molar-refractivity contribution < 1.29 is 9.04 Å². The minimum absolute atomic E-state index is 0.139. The Balaban J connectivity index is 1.61. The van der Waals surface area contributed by atoms with E-state index >= 15 is 0 Å². The molecule has 1 aliphatic carbocycles. The van der Waals surface area contributed by atoms with E-state index in [1.807, 2.05) is 0 Å². The van der Waals surface area contributed by atoms with Gasteiger partial charge in [-0.15, -0.1) is 0 Å². The van der Waals surface area contributed by atoms with E-state index in [0.717, 1.165) is 37.3 Å². The number of hydrogen-bond acceptors (Lipinski definition) is 5. The average Bonchev–Trinajstić information content (AvgIpc) is 3.23. The summed E-state index contributed by atoms with van der Waals surface area (Å²) < 4.78 is 12.3. The van der Waals surface area contributed by atoms with Gasteiger partial charge >= 0.3 is 0 Å². The molecule has 0 amide bonds. The number of rotatable bonds is 5. The van der Waals surface area contributed by atoms with Gasteiger partial charge < -0.3 is 20.1 Å². The molecule has 2 aliphatic heterocycles. The van der Waals surface area contributed by atoms with Crippen LogP contribution in [-0.2, 0) is 6.54 Å². The summed E-state index contributed by atoms with van der Waals surface area (Å²) in [6.45, 7) is 2.55. The zero-order valence-corrected chi connectivity index (χ0v) is 14.8. The summed E-state index contributed by atoms with van der Waals surface area (Å²) in [5.41, 5.74) is 0.947. The molecular weight excluding hydrogens is 321 g/mol. The van der Waals surface area contributed by atoms with E-state index in [-0.39, 0.29) is 17.2 Å². The summed E-state index contributed by atoms with van der Waals surface area (Å²) in [4.78, 5) is 11.3. The lowest BCUT2D eigenvalue weighted by atomic mass is 10.1. The Morgan fingerprint density at radius 3 is 2.92 bits per heavy atom. The maximum absolute atomic E-state index is 13.7. The molecule has 7 heteroatoms. The van der Waals surface area contributed by atoms with Crippen LogP contribution >= 0.6 is 0 Å². The zero-order valence-electron chi connectivity index (χ0n) is 14.8. The Labute approximate surface area is 148 Å². The van der Waals surface area contributed by atoms with Gasteiger partial charge in [-0.2, -0.15) is 4.98 Å². The summed E-state index contributed by atoms with van der Waals surface area (Å²) in [6.07, 6.45) is 8.88. The third kappa shape index (κ3) is 3.58. The predicted octanol–water partition coefficient (Wildman–Crippen LogP) is 2.85. The van der Waals surface area contributed by atoms with Crippen molar-refractivity contribution in [1.82, 2.24) is 9.97 Å². The first-order valence-corrected chi connectivity index (χ1v) is 9.66. The number of fused-ring (bicyclic) bond motifs is 3. The number of quaternary nitrogens is 1. The number of hydroxylamine groups is 3. The van der Waals surface area contributed by atoms with E-state index in [1.165, 1.54) is 25.7 Å². The predicted molar refractivity (Wildman–Crippen MR) is 95.9 cm³/mol. The van der Waals surface area contributed by atoms with E-state index in [0.29, 0.717) is 25.0 Å². The monoisotopic (exact) mass is 349 g/mol. The first-order valence-electron chi connectivity index (χ1n) is 9.66. The van der Waals surface area contributed by atoms with E-state index in [4.69, 9.17) is 0 Å². The smallest absolute Gasteiger partial charge is 0.224 e. The Bertz CT molecular complexity index is 609. The molecule has 3 heterocycles. The van der Waals surface area contributed by atoms with Crippen molar-refractivity contribution in [1.29, 1.82) is 0 Å². The highest BCUT2D eigenvalue weighted by molar-refractivity contribution is 5.51. The number of alkyl halides is 1. The van der Waals surface area contributed by atoms with Crippen molar-refractivity contribution in [2.75, 3.05) is 43.1 Å². The van der Waals surface area contributed by atoms with Crippen LogP contribution in [0.15, 0.2) is 6.20 Å². The van der Waals surface area contributed by atoms with Gasteiger partial charge in [0.25, 0.3) is 0 Å². The highest BCUT2D eigenvalue weighted by atomic mass is 19.1. The van der Waals surface area contributed by atoms with E-state index < -0.39 is 6.67 Å². The molecule has 1 unspecified atom stereocenters. The van der Waals surface area contributed by atoms with Crippen molar-refractivity contribution in [2.45, 2.75) is 51.1 Å². The highest BCUT2D eigenvalue weighted by Gasteiger charge is 2.39. The van der Waals surface area contributed by atoms with Crippen LogP contribution in [0.5, 0.6) is 0 Å². The molecule has 6 nitrogen and oxygen atoms in total. The van der Waals surface area contributed by atoms with Gasteiger partial charge in [-0.1, -0.05) is 12.8 Å². The van der Waals surface area contributed by atoms with E-state index in [9.17, 15) is 9.60 Å². The third-order valence-corrected chi connectivity index (χ3v) is 5.94. The van der Waals surface area contributed by atoms with Crippen molar-refractivity contribution in [3.63, 3.8) is 0 Å². The normalized spacial score (nSPS) is 29.4. The third-order valence-electron chi connectivity index (χ3n) is 5.94. The van der Waals surface area contributed by atoms with E-state index in [1.54, 1.807) is 6.20 Å². The summed E-state index contributed by atoms with van der Waals surface area (Å²) in [7, 11) is 0. The van der Waals surface area contributed by atoms with Crippen LogP contribution in [-0.4, -0.2) is 53.5 Å². The molecule has 1 N–H and O–H groups in total. The van der Waals surface area contributed by atoms with Gasteiger partial charge in [0.1, 0.15) is 19.0 Å². The quantitative estimate of drug-likeness (QED) is 0.654. The second-order valence-corrected chi connectivity index (χ2v) is 7.88. The number of aromatic nitrogens is 2. The van der Waals surface area contributed by atoms with Crippen LogP contribution in [0.3, 0.4) is 0 Å². The van der Waals surface area contributed by atoms with Gasteiger partial charge in [-0.25, -0.2) is 9.37 Å². The second-order valence-electron chi connectivity index (χ2n) is 7.88. The number of anilines is 2. The Hall–Kier alpha value is -1.47. The number of nitrogens with one attached hydrogen (secondary N) is 1. The Morgan fingerprint density at radius 2 is 2.12 bits per heavy atom. The second kappa shape index (κ2) is 7.03. The summed E-state index contributed by atoms with van der Waals surface area (Å²) in [6, 6.07) is 0.268. The van der Waals surface area contributed by atoms with Crippen LogP contribution in [0.2, 0.25) is 0 Å². The zero-order chi connectivity index (χ0) is 17.3. The van der Waals surface area contributed by atoms with Crippen molar-refractivity contribution in [3.8, 4) is 0 Å². The maximum atomic E-state index is 13.7. The molecule has 1 aromatic heterocycles. The van der Waals surface area contributed by atoms with Gasteiger partial charge in [-0.3, -0.25) is 0 Å². The molecule has 0 aromatic carbocycles. The average molecular weight is 349 g/mol. The fourth-order valence-electron chi connectivity index (χ4n) is 4.87. The van der Waals surface area contributed by atoms with Crippen LogP contribution in [0.25, 0.3) is 0 Å². The van der Waals surface area contributed by atoms with Crippen LogP contribution in [0.4, 0.5) is 16.2 Å². The summed E-state index contributed by atoms with van der Waals surface area (Å²) >= 11 is 0. The topological polar surface area (TPSA) is 64.1 Å². The lowest BCUT2D eigenvalue weighted by molar-refractivity contribution is -0.897. The fourth-order valence-corrected chi connectivity index (χ4v) is 4.87. The Morgan fingerprint density at radius 1 is 1.28 bits per heavy atom. The molecule has 25 heavy (non-hydrogen) atoms. The SMILES string of the molecule is [O-][N+]1(CC2CCCC2)Cc2cnc(NCCF)nc2N2CCC[C@H]2C1. The lowest BCUT2D eigenvalue weighted by Gasteiger charge is -2.45. The largest absolute Gasteiger partial charge is 0.632 e. The molecule has 2 fully saturated rings. The first kappa shape index (κ1) is 17.0. The van der Waals surface area contributed by atoms with Crippen LogP contribution in [0, 0.1) is 11.1 Å². The molecule has 1 saturated carbocycles. The number of hydrogen-bond donors (Lipinski definition) is 1. The van der Waals surface area contributed by atoms with Crippen molar-refractivity contribution in [3.05, 3.63) is 17.0 Å². The Kier molecular flexibility index (Phi) is 4.78. The van der Waals surface area contributed by atoms with Crippen molar-refractivity contribution in [2.24, 2.45) is 5.92 Å². The van der Waals surface area contributed by atoms with Gasteiger partial charge in [0, 0.05) is 25.2 Å². The van der Waals surface area contributed by atoms with Crippen molar-refractivity contribution >= 4 is 11.8 Å². The minimum Gasteiger partial charge on any atom is -0.632 e. The summed E-state index contributed by atoms with van der Waals surface area (Å²) in [5.74, 6) is 1.92. The van der Waals surface area contributed by atoms with Gasteiger partial charge in [0.15, 0.2) is 0 Å². The van der Waals surface area contributed by atoms with Gasteiger partial charge in [0.2, 0.25) is 5.95 Å².